The van der Waals surface area contributed by atoms with Gasteiger partial charge in [0.15, 0.2) is 0 Å². The number of hydrogen-bond acceptors (Lipinski definition) is 4. The Morgan fingerprint density at radius 2 is 1.40 bits per heavy atom. The van der Waals surface area contributed by atoms with Gasteiger partial charge in [0.05, 0.1) is 6.17 Å². The normalized spacial score (nSPS) is 9.60. The van der Waals surface area contributed by atoms with Crippen LogP contribution in [0.5, 0.6) is 0 Å². The van der Waals surface area contributed by atoms with Gasteiger partial charge in [-0.05, 0) is 13.3 Å². The second-order valence-corrected chi connectivity index (χ2v) is 2.31. The summed E-state index contributed by atoms with van der Waals surface area (Å²) in [5.74, 6) is 0. The Bertz CT molecular complexity index is 51.0. The lowest BCUT2D eigenvalue weighted by Crippen LogP contribution is -2.29. The first-order valence-electron chi connectivity index (χ1n) is 3.53. The maximum Gasteiger partial charge on any atom is 0.0520 e. The zero-order valence-corrected chi connectivity index (χ0v) is 6.88. The van der Waals surface area contributed by atoms with E-state index in [1.165, 1.54) is 0 Å². The third kappa shape index (κ3) is 45.5. The Hall–Kier alpha value is -0.160. The van der Waals surface area contributed by atoms with Crippen LogP contribution in [-0.4, -0.2) is 12.3 Å². The lowest BCUT2D eigenvalue weighted by atomic mass is 10.3. The Balaban J connectivity index is 0. The largest absolute Gasteiger partial charge is 0.316 e. The minimum absolute atomic E-state index is 0.102. The van der Waals surface area contributed by atoms with Crippen LogP contribution in [0, 0.1) is 0 Å². The van der Waals surface area contributed by atoms with Crippen molar-refractivity contribution in [2.45, 2.75) is 39.0 Å². The lowest BCUT2D eigenvalue weighted by Gasteiger charge is -1.97. The fourth-order valence-electron chi connectivity index (χ4n) is 0.333. The number of rotatable bonds is 2. The van der Waals surface area contributed by atoms with Crippen LogP contribution in [0.2, 0.25) is 0 Å². The molecule has 0 spiro atoms. The molecule has 0 aliphatic carbocycles. The summed E-state index contributed by atoms with van der Waals surface area (Å²) in [6.07, 6.45) is 1.74. The average molecular weight is 148 g/mol. The third-order valence-corrected chi connectivity index (χ3v) is 0.622. The molecule has 0 aromatic rings. The second-order valence-electron chi connectivity index (χ2n) is 2.31. The first-order chi connectivity index (χ1) is 4.50. The Labute approximate surface area is 62.9 Å². The Kier molecular flexibility index (Phi) is 11.1. The van der Waals surface area contributed by atoms with Crippen molar-refractivity contribution in [3.8, 4) is 0 Å². The molecule has 0 radical (unpaired) electrons. The summed E-state index contributed by atoms with van der Waals surface area (Å²) in [5, 5.41) is 0. The van der Waals surface area contributed by atoms with Gasteiger partial charge in [-0.1, -0.05) is 13.3 Å². The zero-order valence-electron chi connectivity index (χ0n) is 6.88. The lowest BCUT2D eigenvalue weighted by molar-refractivity contribution is 0.627. The first kappa shape index (κ1) is 12.5. The molecule has 0 saturated carbocycles. The summed E-state index contributed by atoms with van der Waals surface area (Å²) >= 11 is 0. The van der Waals surface area contributed by atoms with E-state index in [0.717, 1.165) is 12.8 Å². The van der Waals surface area contributed by atoms with E-state index in [1.54, 1.807) is 6.92 Å². The Morgan fingerprint density at radius 3 is 1.40 bits per heavy atom. The summed E-state index contributed by atoms with van der Waals surface area (Å²) in [6.45, 7) is 3.78. The van der Waals surface area contributed by atoms with E-state index in [1.807, 2.05) is 0 Å². The van der Waals surface area contributed by atoms with Gasteiger partial charge in [-0.3, -0.25) is 0 Å². The van der Waals surface area contributed by atoms with Crippen LogP contribution < -0.4 is 22.9 Å². The summed E-state index contributed by atoms with van der Waals surface area (Å²) < 4.78 is 0. The van der Waals surface area contributed by atoms with E-state index in [4.69, 9.17) is 22.9 Å². The minimum atomic E-state index is -0.167. The highest BCUT2D eigenvalue weighted by Gasteiger charge is 1.85. The fraction of sp³-hybridized carbons (Fsp3) is 1.00. The van der Waals surface area contributed by atoms with Crippen molar-refractivity contribution in [2.75, 3.05) is 0 Å². The molecule has 0 aromatic heterocycles. The van der Waals surface area contributed by atoms with Gasteiger partial charge >= 0.3 is 0 Å². The minimum Gasteiger partial charge on any atom is -0.316 e. The topological polar surface area (TPSA) is 104 Å². The van der Waals surface area contributed by atoms with Gasteiger partial charge in [0.1, 0.15) is 0 Å². The van der Waals surface area contributed by atoms with Crippen molar-refractivity contribution in [2.24, 2.45) is 22.9 Å². The summed E-state index contributed by atoms with van der Waals surface area (Å²) in [5.41, 5.74) is 20.1. The molecule has 0 aliphatic rings. The number of nitrogens with two attached hydrogens (primary N) is 4. The highest BCUT2D eigenvalue weighted by Crippen LogP contribution is 1.82. The molecule has 8 N–H and O–H groups in total. The van der Waals surface area contributed by atoms with Crippen LogP contribution in [0.1, 0.15) is 26.7 Å². The van der Waals surface area contributed by atoms with Crippen LogP contribution in [-0.2, 0) is 0 Å². The van der Waals surface area contributed by atoms with E-state index >= 15 is 0 Å². The smallest absolute Gasteiger partial charge is 0.0520 e. The SMILES string of the molecule is CC(N)N.CCCC(N)N. The maximum absolute atomic E-state index is 5.18. The molecule has 0 fully saturated rings. The van der Waals surface area contributed by atoms with E-state index < -0.39 is 0 Å². The van der Waals surface area contributed by atoms with Gasteiger partial charge in [0, 0.05) is 6.17 Å². The van der Waals surface area contributed by atoms with Crippen LogP contribution in [0.15, 0.2) is 0 Å². The van der Waals surface area contributed by atoms with Crippen LogP contribution >= 0.6 is 0 Å². The summed E-state index contributed by atoms with van der Waals surface area (Å²) in [6, 6.07) is 0. The van der Waals surface area contributed by atoms with Crippen LogP contribution in [0.4, 0.5) is 0 Å². The van der Waals surface area contributed by atoms with Crippen molar-refractivity contribution in [3.63, 3.8) is 0 Å². The molecule has 0 amide bonds. The summed E-state index contributed by atoms with van der Waals surface area (Å²) in [4.78, 5) is 0. The molecule has 0 unspecified atom stereocenters. The molecule has 4 nitrogen and oxygen atoms in total. The molecule has 0 bridgehead atoms. The van der Waals surface area contributed by atoms with Crippen LogP contribution in [0.25, 0.3) is 0 Å². The van der Waals surface area contributed by atoms with Crippen molar-refractivity contribution in [1.82, 2.24) is 0 Å². The molecular formula is C6H20N4. The number of hydrogen-bond donors (Lipinski definition) is 4. The van der Waals surface area contributed by atoms with Gasteiger partial charge < -0.3 is 22.9 Å². The molecule has 4 heteroatoms. The fourth-order valence-corrected chi connectivity index (χ4v) is 0.333. The van der Waals surface area contributed by atoms with Gasteiger partial charge in [-0.2, -0.15) is 0 Å². The molecule has 0 saturated heterocycles. The quantitative estimate of drug-likeness (QED) is 0.388. The molecule has 0 aromatic carbocycles. The highest BCUT2D eigenvalue weighted by atomic mass is 14.8. The van der Waals surface area contributed by atoms with E-state index in [2.05, 4.69) is 6.92 Å². The van der Waals surface area contributed by atoms with E-state index in [0.29, 0.717) is 0 Å². The van der Waals surface area contributed by atoms with Crippen molar-refractivity contribution in [1.29, 1.82) is 0 Å². The predicted molar refractivity (Wildman–Crippen MR) is 44.9 cm³/mol. The van der Waals surface area contributed by atoms with Crippen molar-refractivity contribution >= 4 is 0 Å². The maximum atomic E-state index is 5.18. The molecule has 0 heterocycles. The third-order valence-electron chi connectivity index (χ3n) is 0.622. The zero-order chi connectivity index (χ0) is 8.57. The van der Waals surface area contributed by atoms with Crippen molar-refractivity contribution in [3.05, 3.63) is 0 Å². The molecular weight excluding hydrogens is 128 g/mol. The molecule has 64 valence electrons. The highest BCUT2D eigenvalue weighted by molar-refractivity contribution is 4.45. The average Bonchev–Trinajstić information content (AvgIpc) is 1.62. The molecule has 10 heavy (non-hydrogen) atoms. The molecule has 0 atom stereocenters. The Morgan fingerprint density at radius 1 is 1.10 bits per heavy atom. The van der Waals surface area contributed by atoms with Gasteiger partial charge in [-0.25, -0.2) is 0 Å². The van der Waals surface area contributed by atoms with E-state index in [9.17, 15) is 0 Å². The standard InChI is InChI=1S/C4H12N2.C2H8N2/c1-2-3-4(5)6;1-2(3)4/h4H,2-3,5-6H2,1H3;2H,3-4H2,1H3. The van der Waals surface area contributed by atoms with Crippen LogP contribution in [0.3, 0.4) is 0 Å². The van der Waals surface area contributed by atoms with Crippen molar-refractivity contribution < 1.29 is 0 Å². The molecule has 0 aliphatic heterocycles. The second kappa shape index (κ2) is 8.84. The van der Waals surface area contributed by atoms with E-state index in [-0.39, 0.29) is 12.3 Å². The van der Waals surface area contributed by atoms with Gasteiger partial charge in [0.25, 0.3) is 0 Å². The summed E-state index contributed by atoms with van der Waals surface area (Å²) in [7, 11) is 0. The predicted octanol–water partition coefficient (Wildman–Crippen LogP) is -0.720. The van der Waals surface area contributed by atoms with Gasteiger partial charge in [-0.15, -0.1) is 0 Å². The molecule has 0 rings (SSSR count). The van der Waals surface area contributed by atoms with Gasteiger partial charge in [0.2, 0.25) is 0 Å². The monoisotopic (exact) mass is 148 g/mol. The first-order valence-corrected chi connectivity index (χ1v) is 3.53.